The van der Waals surface area contributed by atoms with Crippen LogP contribution in [0, 0.1) is 0 Å². The molecule has 0 fully saturated rings. The lowest BCUT2D eigenvalue weighted by Crippen LogP contribution is -2.31. The van der Waals surface area contributed by atoms with E-state index in [9.17, 15) is 10.0 Å². The molecule has 1 aromatic carbocycles. The van der Waals surface area contributed by atoms with E-state index in [1.165, 1.54) is 0 Å². The summed E-state index contributed by atoms with van der Waals surface area (Å²) in [5.74, 6) is 0.334. The van der Waals surface area contributed by atoms with E-state index in [-0.39, 0.29) is 5.91 Å². The van der Waals surface area contributed by atoms with Crippen LogP contribution in [0.4, 0.5) is 5.69 Å². The fourth-order valence-corrected chi connectivity index (χ4v) is 1.77. The number of aryl methyl sites for hydroxylation is 1. The van der Waals surface area contributed by atoms with Crippen molar-refractivity contribution in [2.24, 2.45) is 0 Å². The maximum Gasteiger partial charge on any atom is 0.251 e. The Morgan fingerprint density at radius 1 is 1.35 bits per heavy atom. The topological polar surface area (TPSA) is 59.0 Å². The summed E-state index contributed by atoms with van der Waals surface area (Å²) in [5.41, 5.74) is 1.46. The van der Waals surface area contributed by atoms with Crippen molar-refractivity contribution in [3.8, 4) is 5.75 Å². The van der Waals surface area contributed by atoms with Gasteiger partial charge in [0.15, 0.2) is 0 Å². The molecule has 1 heterocycles. The van der Waals surface area contributed by atoms with Crippen molar-refractivity contribution in [2.45, 2.75) is 12.8 Å². The molecule has 1 aliphatic heterocycles. The summed E-state index contributed by atoms with van der Waals surface area (Å²) >= 11 is 0. The van der Waals surface area contributed by atoms with Crippen LogP contribution in [0.15, 0.2) is 18.2 Å². The minimum absolute atomic E-state index is 0.286. The van der Waals surface area contributed by atoms with E-state index >= 15 is 0 Å². The normalized spacial score (nSPS) is 14.7. The molecule has 0 aliphatic carbocycles. The number of nitrogens with zero attached hydrogens (tertiary/aromatic N) is 1. The third kappa shape index (κ3) is 2.57. The Kier molecular flexibility index (Phi) is 3.61. The van der Waals surface area contributed by atoms with Gasteiger partial charge in [-0.25, -0.2) is 0 Å². The second-order valence-corrected chi connectivity index (χ2v) is 3.84. The van der Waals surface area contributed by atoms with Crippen molar-refractivity contribution in [1.82, 2.24) is 0 Å². The molecule has 1 amide bonds. The number of ether oxygens (including phenoxy) is 2. The van der Waals surface area contributed by atoms with E-state index in [0.29, 0.717) is 42.6 Å². The van der Waals surface area contributed by atoms with Gasteiger partial charge in [0.2, 0.25) is 0 Å². The quantitative estimate of drug-likeness (QED) is 0.635. The first-order valence-electron chi connectivity index (χ1n) is 5.49. The smallest absolute Gasteiger partial charge is 0.251 e. The summed E-state index contributed by atoms with van der Waals surface area (Å²) in [6.45, 7) is 0.938. The summed E-state index contributed by atoms with van der Waals surface area (Å²) < 4.78 is 10.3. The summed E-state index contributed by atoms with van der Waals surface area (Å²) in [7, 11) is 1.60. The number of methoxy groups -OCH3 is 1. The molecule has 0 aromatic heterocycles. The van der Waals surface area contributed by atoms with E-state index in [2.05, 4.69) is 0 Å². The van der Waals surface area contributed by atoms with Gasteiger partial charge < -0.3 is 9.47 Å². The first-order chi connectivity index (χ1) is 8.22. The van der Waals surface area contributed by atoms with E-state index in [0.717, 1.165) is 5.56 Å². The molecule has 5 heteroatoms. The Morgan fingerprint density at radius 3 is 2.94 bits per heavy atom. The lowest BCUT2D eigenvalue weighted by molar-refractivity contribution is -0.124. The van der Waals surface area contributed by atoms with E-state index in [4.69, 9.17) is 9.47 Å². The molecule has 0 saturated carbocycles. The SMILES string of the molecule is COCCOc1ccc2c(c1)N(O)C(=O)CC2. The van der Waals surface area contributed by atoms with Crippen LogP contribution in [0.5, 0.6) is 5.75 Å². The minimum Gasteiger partial charge on any atom is -0.491 e. The highest BCUT2D eigenvalue weighted by Crippen LogP contribution is 2.30. The molecule has 0 radical (unpaired) electrons. The number of hydrogen-bond donors (Lipinski definition) is 1. The van der Waals surface area contributed by atoms with Gasteiger partial charge in [-0.2, -0.15) is 5.06 Å². The van der Waals surface area contributed by atoms with Crippen molar-refractivity contribution in [1.29, 1.82) is 0 Å². The van der Waals surface area contributed by atoms with Gasteiger partial charge in [0, 0.05) is 19.6 Å². The highest BCUT2D eigenvalue weighted by atomic mass is 16.5. The van der Waals surface area contributed by atoms with Gasteiger partial charge in [-0.15, -0.1) is 0 Å². The maximum atomic E-state index is 11.3. The summed E-state index contributed by atoms with van der Waals surface area (Å²) in [6, 6.07) is 5.37. The van der Waals surface area contributed by atoms with Crippen molar-refractivity contribution in [2.75, 3.05) is 25.4 Å². The Hall–Kier alpha value is -1.59. The molecule has 0 bridgehead atoms. The Labute approximate surface area is 99.5 Å². The van der Waals surface area contributed by atoms with E-state index < -0.39 is 0 Å². The molecule has 0 spiro atoms. The van der Waals surface area contributed by atoms with Crippen LogP contribution in [0.1, 0.15) is 12.0 Å². The van der Waals surface area contributed by atoms with Gasteiger partial charge in [0.1, 0.15) is 12.4 Å². The van der Waals surface area contributed by atoms with Crippen molar-refractivity contribution < 1.29 is 19.5 Å². The molecule has 1 aromatic rings. The van der Waals surface area contributed by atoms with Crippen LogP contribution in [0.3, 0.4) is 0 Å². The summed E-state index contributed by atoms with van der Waals surface area (Å²) in [4.78, 5) is 11.3. The number of carbonyl (C=O) groups excluding carboxylic acids is 1. The van der Waals surface area contributed by atoms with Gasteiger partial charge >= 0.3 is 0 Å². The highest BCUT2D eigenvalue weighted by molar-refractivity contribution is 5.94. The van der Waals surface area contributed by atoms with E-state index in [1.807, 2.05) is 12.1 Å². The van der Waals surface area contributed by atoms with Crippen LogP contribution in [-0.2, 0) is 16.0 Å². The molecule has 5 nitrogen and oxygen atoms in total. The van der Waals surface area contributed by atoms with Crippen LogP contribution >= 0.6 is 0 Å². The molecule has 92 valence electrons. The van der Waals surface area contributed by atoms with Gasteiger partial charge in [-0.05, 0) is 18.1 Å². The third-order valence-electron chi connectivity index (χ3n) is 2.69. The molecule has 0 saturated heterocycles. The molecule has 2 rings (SSSR count). The largest absolute Gasteiger partial charge is 0.491 e. The lowest BCUT2D eigenvalue weighted by Gasteiger charge is -2.23. The summed E-state index contributed by atoms with van der Waals surface area (Å²) in [6.07, 6.45) is 0.997. The van der Waals surface area contributed by atoms with Gasteiger partial charge in [0.05, 0.1) is 12.3 Å². The highest BCUT2D eigenvalue weighted by Gasteiger charge is 2.23. The van der Waals surface area contributed by atoms with Crippen LogP contribution < -0.4 is 9.80 Å². The number of rotatable bonds is 4. The monoisotopic (exact) mass is 237 g/mol. The summed E-state index contributed by atoms with van der Waals surface area (Å²) in [5, 5.41) is 10.3. The standard InChI is InChI=1S/C12H15NO4/c1-16-6-7-17-10-4-2-9-3-5-12(14)13(15)11(9)8-10/h2,4,8,15H,3,5-7H2,1H3. The first-order valence-corrected chi connectivity index (χ1v) is 5.49. The van der Waals surface area contributed by atoms with Crippen LogP contribution in [-0.4, -0.2) is 31.4 Å². The first kappa shape index (κ1) is 11.9. The molecular weight excluding hydrogens is 222 g/mol. The van der Waals surface area contributed by atoms with Crippen molar-refractivity contribution in [3.63, 3.8) is 0 Å². The van der Waals surface area contributed by atoms with Crippen molar-refractivity contribution in [3.05, 3.63) is 23.8 Å². The average molecular weight is 237 g/mol. The fraction of sp³-hybridized carbons (Fsp3) is 0.417. The predicted octanol–water partition coefficient (Wildman–Crippen LogP) is 1.38. The zero-order chi connectivity index (χ0) is 12.3. The van der Waals surface area contributed by atoms with Gasteiger partial charge in [-0.3, -0.25) is 10.0 Å². The Balaban J connectivity index is 2.14. The number of carbonyl (C=O) groups is 1. The fourth-order valence-electron chi connectivity index (χ4n) is 1.77. The number of benzene rings is 1. The third-order valence-corrected chi connectivity index (χ3v) is 2.69. The van der Waals surface area contributed by atoms with Crippen LogP contribution in [0.2, 0.25) is 0 Å². The zero-order valence-corrected chi connectivity index (χ0v) is 9.68. The molecule has 0 atom stereocenters. The molecular formula is C12H15NO4. The van der Waals surface area contributed by atoms with Gasteiger partial charge in [0.25, 0.3) is 5.91 Å². The molecule has 1 aliphatic rings. The number of hydroxylamine groups is 1. The Bertz CT molecular complexity index is 419. The number of hydrogen-bond acceptors (Lipinski definition) is 4. The predicted molar refractivity (Wildman–Crippen MR) is 61.4 cm³/mol. The maximum absolute atomic E-state index is 11.3. The number of anilines is 1. The second kappa shape index (κ2) is 5.16. The minimum atomic E-state index is -0.286. The van der Waals surface area contributed by atoms with Gasteiger partial charge in [-0.1, -0.05) is 6.07 Å². The van der Waals surface area contributed by atoms with Crippen molar-refractivity contribution >= 4 is 11.6 Å². The average Bonchev–Trinajstić information content (AvgIpc) is 2.35. The molecule has 0 unspecified atom stereocenters. The molecule has 1 N–H and O–H groups in total. The zero-order valence-electron chi connectivity index (χ0n) is 9.68. The second-order valence-electron chi connectivity index (χ2n) is 3.84. The van der Waals surface area contributed by atoms with Crippen LogP contribution in [0.25, 0.3) is 0 Å². The lowest BCUT2D eigenvalue weighted by atomic mass is 10.0. The Morgan fingerprint density at radius 2 is 2.18 bits per heavy atom. The van der Waals surface area contributed by atoms with E-state index in [1.54, 1.807) is 13.2 Å². The molecule has 17 heavy (non-hydrogen) atoms. The number of amides is 1. The number of fused-ring (bicyclic) bond motifs is 1.